The van der Waals surface area contributed by atoms with Gasteiger partial charge < -0.3 is 12.4 Å². The van der Waals surface area contributed by atoms with Crippen molar-refractivity contribution in [2.45, 2.75) is 0 Å². The Morgan fingerprint density at radius 2 is 1.00 bits per heavy atom. The van der Waals surface area contributed by atoms with E-state index in [-0.39, 0.29) is 104 Å². The van der Waals surface area contributed by atoms with Crippen molar-refractivity contribution in [2.24, 2.45) is 0 Å². The summed E-state index contributed by atoms with van der Waals surface area (Å²) in [4.78, 5) is 0. The fraction of sp³-hybridized carbons (Fsp3) is 0. The van der Waals surface area contributed by atoms with E-state index in [2.05, 4.69) is 0 Å². The Morgan fingerprint density at radius 1 is 1.00 bits per heavy atom. The van der Waals surface area contributed by atoms with E-state index in [1.54, 1.807) is 0 Å². The molecule has 0 spiro atoms. The minimum absolute atomic E-state index is 0. The topological polar surface area (TPSA) is 57.0 Å². The standard InChI is InChI=1S/Li.2O.Pb.H2Te.Ti.3H/h;;;;1H2;;;;/q+1;2*-2;;;+4;;;-1. The number of hydrogen-bond donors (Lipinski definition) is 0. The Hall–Kier alpha value is 2.94. The SMILES string of the molecule is [H-].[Li+].[O-2].[O-2].[PbH2].[TeH2].[Ti+4]. The predicted octanol–water partition coefficient (Wildman–Crippen LogP) is -4.96. The van der Waals surface area contributed by atoms with Gasteiger partial charge in [-0.2, -0.15) is 0 Å². The van der Waals surface area contributed by atoms with Crippen molar-refractivity contribution in [1.82, 2.24) is 0 Å². The second kappa shape index (κ2) is 44.2. The molecule has 0 saturated carbocycles. The van der Waals surface area contributed by atoms with Gasteiger partial charge in [-0.3, -0.25) is 0 Å². The summed E-state index contributed by atoms with van der Waals surface area (Å²) in [6.07, 6.45) is 0. The molecule has 32 valence electrons. The number of rotatable bonds is 0. The largest absolute Gasteiger partial charge is 4.00 e. The van der Waals surface area contributed by atoms with E-state index in [0.717, 1.165) is 0 Å². The molecule has 0 unspecified atom stereocenters. The molecule has 0 amide bonds. The Kier molecular flexibility index (Phi) is 480. The minimum Gasteiger partial charge on any atom is 4.00 e. The first-order chi connectivity index (χ1) is 0. The Morgan fingerprint density at radius 3 is 1.00 bits per heavy atom. The molecule has 0 aliphatic heterocycles. The fourth-order valence-corrected chi connectivity index (χ4v) is 0. The van der Waals surface area contributed by atoms with Crippen LogP contribution in [0.25, 0.3) is 0 Å². The third-order valence-electron chi connectivity index (χ3n) is 0. The van der Waals surface area contributed by atoms with Crippen LogP contribution in [0.1, 0.15) is 1.43 Å². The van der Waals surface area contributed by atoms with E-state index >= 15 is 0 Å². The summed E-state index contributed by atoms with van der Waals surface area (Å²) < 4.78 is 0. The first-order valence-corrected chi connectivity index (χ1v) is 0. The van der Waals surface area contributed by atoms with Crippen molar-refractivity contribution in [3.8, 4) is 0 Å². The van der Waals surface area contributed by atoms with Crippen molar-refractivity contribution in [3.63, 3.8) is 0 Å². The summed E-state index contributed by atoms with van der Waals surface area (Å²) in [5.74, 6) is 0. The smallest absolute Gasteiger partial charge is 4.00 e. The van der Waals surface area contributed by atoms with E-state index in [0.29, 0.717) is 0 Å². The van der Waals surface area contributed by atoms with Crippen LogP contribution in [-0.4, -0.2) is 51.0 Å². The van der Waals surface area contributed by atoms with E-state index < -0.39 is 0 Å². The van der Waals surface area contributed by atoms with E-state index in [1.807, 2.05) is 0 Å². The molecule has 0 N–H and O–H groups in total. The average molecular weight is 427 g/mol. The molecular weight excluding hydrogens is 422 g/mol. The van der Waals surface area contributed by atoms with Crippen LogP contribution in [0.3, 0.4) is 0 Å². The van der Waals surface area contributed by atoms with Crippen LogP contribution < -0.4 is 18.9 Å². The quantitative estimate of drug-likeness (QED) is 0.349. The van der Waals surface area contributed by atoms with Crippen molar-refractivity contribution < 1.29 is 53.0 Å². The molecule has 0 bridgehead atoms. The summed E-state index contributed by atoms with van der Waals surface area (Å²) >= 11 is 0. The molecule has 0 heterocycles. The molecular formula is H5LiO2PbTeTi. The molecule has 0 saturated heterocycles. The van der Waals surface area contributed by atoms with Crippen molar-refractivity contribution in [1.29, 1.82) is 0 Å². The zero-order valence-electron chi connectivity index (χ0n) is 4.52. The second-order valence-corrected chi connectivity index (χ2v) is 0. The minimum atomic E-state index is 0. The van der Waals surface area contributed by atoms with Gasteiger partial charge >= 0.3 is 91.5 Å². The first-order valence-electron chi connectivity index (χ1n) is 0. The monoisotopic (exact) mass is 430 g/mol. The van der Waals surface area contributed by atoms with Gasteiger partial charge in [0.05, 0.1) is 0 Å². The average Bonchev–Trinajstić information content (AvgIpc) is 0. The summed E-state index contributed by atoms with van der Waals surface area (Å²) in [6.45, 7) is 0. The molecule has 6 heteroatoms. The summed E-state index contributed by atoms with van der Waals surface area (Å²) in [5, 5.41) is 0. The molecule has 0 fully saturated rings. The normalized spacial score (nSPS) is 0. The van der Waals surface area contributed by atoms with Crippen LogP contribution in [0, 0.1) is 0 Å². The Labute approximate surface area is 102 Å². The molecule has 6 heavy (non-hydrogen) atoms. The molecule has 2 radical (unpaired) electrons. The molecule has 0 rings (SSSR count). The summed E-state index contributed by atoms with van der Waals surface area (Å²) in [5.41, 5.74) is 0. The zero-order chi connectivity index (χ0) is 0. The van der Waals surface area contributed by atoms with Crippen LogP contribution in [0.2, 0.25) is 0 Å². The molecule has 0 aliphatic rings. The summed E-state index contributed by atoms with van der Waals surface area (Å²) in [6, 6.07) is 0. The van der Waals surface area contributed by atoms with Gasteiger partial charge in [-0.25, -0.2) is 0 Å². The maximum Gasteiger partial charge on any atom is 4.00 e. The van der Waals surface area contributed by atoms with E-state index in [1.165, 1.54) is 0 Å². The van der Waals surface area contributed by atoms with Crippen LogP contribution in [0.5, 0.6) is 0 Å². The zero-order valence-corrected chi connectivity index (χ0v) is 13.4. The van der Waals surface area contributed by atoms with Gasteiger partial charge in [0.15, 0.2) is 0 Å². The van der Waals surface area contributed by atoms with Crippen molar-refractivity contribution in [3.05, 3.63) is 0 Å². The predicted molar refractivity (Wildman–Crippen MR) is 19.6 cm³/mol. The van der Waals surface area contributed by atoms with Gasteiger partial charge in [-0.05, 0) is 0 Å². The molecule has 0 atom stereocenters. The van der Waals surface area contributed by atoms with Gasteiger partial charge in [0.2, 0.25) is 0 Å². The van der Waals surface area contributed by atoms with Crippen molar-refractivity contribution in [2.75, 3.05) is 0 Å². The third kappa shape index (κ3) is 28.3. The van der Waals surface area contributed by atoms with Gasteiger partial charge in [0, 0.05) is 0 Å². The van der Waals surface area contributed by atoms with Gasteiger partial charge in [-0.1, -0.05) is 0 Å². The van der Waals surface area contributed by atoms with Crippen LogP contribution in [0.4, 0.5) is 0 Å². The Balaban J connectivity index is 0. The van der Waals surface area contributed by atoms with Crippen molar-refractivity contribution >= 4 is 51.0 Å². The fourth-order valence-electron chi connectivity index (χ4n) is 0. The molecule has 0 aliphatic carbocycles. The van der Waals surface area contributed by atoms with Gasteiger partial charge in [0.1, 0.15) is 0 Å². The van der Waals surface area contributed by atoms with E-state index in [9.17, 15) is 0 Å². The molecule has 2 nitrogen and oxygen atoms in total. The molecule has 0 aromatic heterocycles. The van der Waals surface area contributed by atoms with Crippen LogP contribution in [-0.2, 0) is 32.7 Å². The van der Waals surface area contributed by atoms with Gasteiger partial charge in [0.25, 0.3) is 0 Å². The van der Waals surface area contributed by atoms with Crippen LogP contribution in [0.15, 0.2) is 0 Å². The molecule has 0 aromatic rings. The Bertz CT molecular complexity index is 17.7. The first kappa shape index (κ1) is 65.1. The molecule has 0 aromatic carbocycles. The maximum atomic E-state index is 0. The second-order valence-electron chi connectivity index (χ2n) is 0. The number of hydrogen-bond acceptors (Lipinski definition) is 0. The van der Waals surface area contributed by atoms with Gasteiger partial charge in [-0.15, -0.1) is 0 Å². The third-order valence-corrected chi connectivity index (χ3v) is 0. The maximum absolute atomic E-state index is 0. The van der Waals surface area contributed by atoms with E-state index in [4.69, 9.17) is 0 Å². The van der Waals surface area contributed by atoms with Crippen LogP contribution >= 0.6 is 0 Å². The summed E-state index contributed by atoms with van der Waals surface area (Å²) in [7, 11) is 0.